The topological polar surface area (TPSA) is 101 Å². The van der Waals surface area contributed by atoms with Crippen LogP contribution in [0.3, 0.4) is 0 Å². The van der Waals surface area contributed by atoms with Crippen LogP contribution in [-0.2, 0) is 21.3 Å². The molecule has 0 bridgehead atoms. The maximum absolute atomic E-state index is 12.2. The lowest BCUT2D eigenvalue weighted by Gasteiger charge is -2.26. The van der Waals surface area contributed by atoms with Crippen molar-refractivity contribution in [3.05, 3.63) is 18.0 Å². The minimum Gasteiger partial charge on any atom is -0.477 e. The molecule has 2 heterocycles. The van der Waals surface area contributed by atoms with Gasteiger partial charge in [-0.25, -0.2) is 18.2 Å². The Morgan fingerprint density at radius 2 is 2.10 bits per heavy atom. The van der Waals surface area contributed by atoms with Gasteiger partial charge in [0.2, 0.25) is 0 Å². The van der Waals surface area contributed by atoms with E-state index >= 15 is 0 Å². The number of aryl methyl sites for hydroxylation is 1. The van der Waals surface area contributed by atoms with Crippen LogP contribution in [0.15, 0.2) is 17.2 Å². The van der Waals surface area contributed by atoms with Crippen LogP contribution in [0.25, 0.3) is 0 Å². The molecule has 20 heavy (non-hydrogen) atoms. The standard InChI is InChI=1S/C11H17N3O5S/c1-2-13-8-9(7-10(13)11(15)16)20(17,18)12-14-3-5-19-6-4-14/h7-8,12H,2-6H2,1H3,(H,15,16). The predicted molar refractivity (Wildman–Crippen MR) is 69.8 cm³/mol. The Balaban J connectivity index is 2.22. The van der Waals surface area contributed by atoms with Crippen LogP contribution in [0, 0.1) is 0 Å². The number of sulfonamides is 1. The van der Waals surface area contributed by atoms with Gasteiger partial charge in [-0.3, -0.25) is 0 Å². The van der Waals surface area contributed by atoms with Crippen LogP contribution < -0.4 is 4.83 Å². The monoisotopic (exact) mass is 303 g/mol. The molecular formula is C11H17N3O5S. The first-order valence-corrected chi connectivity index (χ1v) is 7.71. The molecule has 0 unspecified atom stereocenters. The Morgan fingerprint density at radius 1 is 1.45 bits per heavy atom. The Bertz CT molecular complexity index is 589. The van der Waals surface area contributed by atoms with E-state index in [2.05, 4.69) is 4.83 Å². The molecule has 112 valence electrons. The molecule has 0 atom stereocenters. The number of hydrogen-bond donors (Lipinski definition) is 2. The van der Waals surface area contributed by atoms with E-state index in [0.29, 0.717) is 32.8 Å². The fourth-order valence-electron chi connectivity index (χ4n) is 1.95. The molecule has 0 radical (unpaired) electrons. The van der Waals surface area contributed by atoms with E-state index in [1.165, 1.54) is 10.8 Å². The third-order valence-corrected chi connectivity index (χ3v) is 4.34. The van der Waals surface area contributed by atoms with Crippen molar-refractivity contribution in [3.8, 4) is 0 Å². The summed E-state index contributed by atoms with van der Waals surface area (Å²) in [7, 11) is -3.77. The van der Waals surface area contributed by atoms with Crippen LogP contribution >= 0.6 is 0 Å². The Labute approximate surface area is 117 Å². The summed E-state index contributed by atoms with van der Waals surface area (Å²) in [4.78, 5) is 13.4. The Kier molecular flexibility index (Phi) is 4.43. The Morgan fingerprint density at radius 3 is 2.60 bits per heavy atom. The number of aromatic nitrogens is 1. The average molecular weight is 303 g/mol. The lowest BCUT2D eigenvalue weighted by Crippen LogP contribution is -2.48. The summed E-state index contributed by atoms with van der Waals surface area (Å²) >= 11 is 0. The number of ether oxygens (including phenoxy) is 1. The first-order valence-electron chi connectivity index (χ1n) is 6.22. The normalized spacial score (nSPS) is 17.2. The van der Waals surface area contributed by atoms with Gasteiger partial charge in [0.1, 0.15) is 10.6 Å². The summed E-state index contributed by atoms with van der Waals surface area (Å²) in [6.07, 6.45) is 1.33. The van der Waals surface area contributed by atoms with Gasteiger partial charge in [0, 0.05) is 25.8 Å². The molecule has 2 N–H and O–H groups in total. The van der Waals surface area contributed by atoms with E-state index in [4.69, 9.17) is 9.84 Å². The lowest BCUT2D eigenvalue weighted by molar-refractivity contribution is 0.0272. The van der Waals surface area contributed by atoms with E-state index in [9.17, 15) is 13.2 Å². The van der Waals surface area contributed by atoms with Gasteiger partial charge >= 0.3 is 5.97 Å². The van der Waals surface area contributed by atoms with Gasteiger partial charge in [0.05, 0.1) is 13.2 Å². The van der Waals surface area contributed by atoms with E-state index in [0.717, 1.165) is 6.07 Å². The van der Waals surface area contributed by atoms with Crippen molar-refractivity contribution in [2.75, 3.05) is 26.3 Å². The Hall–Kier alpha value is -1.42. The fraction of sp³-hybridized carbons (Fsp3) is 0.545. The second-order valence-electron chi connectivity index (χ2n) is 4.35. The maximum Gasteiger partial charge on any atom is 0.352 e. The molecule has 1 saturated heterocycles. The summed E-state index contributed by atoms with van der Waals surface area (Å²) < 4.78 is 30.9. The number of nitrogens with zero attached hydrogens (tertiary/aromatic N) is 2. The highest BCUT2D eigenvalue weighted by Crippen LogP contribution is 2.15. The zero-order valence-electron chi connectivity index (χ0n) is 11.1. The highest BCUT2D eigenvalue weighted by Gasteiger charge is 2.24. The van der Waals surface area contributed by atoms with Crippen molar-refractivity contribution >= 4 is 16.0 Å². The van der Waals surface area contributed by atoms with Crippen LogP contribution in [-0.4, -0.2) is 55.4 Å². The van der Waals surface area contributed by atoms with Crippen LogP contribution in [0.4, 0.5) is 0 Å². The van der Waals surface area contributed by atoms with Gasteiger partial charge in [-0.2, -0.15) is 0 Å². The smallest absolute Gasteiger partial charge is 0.352 e. The molecule has 2 rings (SSSR count). The molecule has 1 aromatic heterocycles. The van der Waals surface area contributed by atoms with Crippen molar-refractivity contribution < 1.29 is 23.1 Å². The molecule has 1 fully saturated rings. The van der Waals surface area contributed by atoms with Crippen molar-refractivity contribution in [2.24, 2.45) is 0 Å². The van der Waals surface area contributed by atoms with Gasteiger partial charge in [0.25, 0.3) is 10.0 Å². The SMILES string of the molecule is CCn1cc(S(=O)(=O)NN2CCOCC2)cc1C(=O)O. The number of hydrazine groups is 1. The number of hydrogen-bond acceptors (Lipinski definition) is 5. The molecule has 1 aromatic rings. The molecule has 0 aromatic carbocycles. The van der Waals surface area contributed by atoms with Crippen molar-refractivity contribution in [2.45, 2.75) is 18.4 Å². The van der Waals surface area contributed by atoms with E-state index < -0.39 is 16.0 Å². The van der Waals surface area contributed by atoms with Crippen LogP contribution in [0.1, 0.15) is 17.4 Å². The molecule has 0 spiro atoms. The van der Waals surface area contributed by atoms with Crippen LogP contribution in [0.5, 0.6) is 0 Å². The average Bonchev–Trinajstić information content (AvgIpc) is 2.84. The van der Waals surface area contributed by atoms with Gasteiger partial charge in [-0.05, 0) is 13.0 Å². The predicted octanol–water partition coefficient (Wildman–Crippen LogP) is -0.268. The second-order valence-corrected chi connectivity index (χ2v) is 6.01. The molecule has 1 aliphatic heterocycles. The zero-order valence-corrected chi connectivity index (χ0v) is 11.9. The fourth-order valence-corrected chi connectivity index (χ4v) is 3.11. The summed E-state index contributed by atoms with van der Waals surface area (Å²) in [6, 6.07) is 1.16. The maximum atomic E-state index is 12.2. The van der Waals surface area contributed by atoms with E-state index in [1.54, 1.807) is 11.9 Å². The molecule has 8 nitrogen and oxygen atoms in total. The summed E-state index contributed by atoms with van der Waals surface area (Å²) in [6.45, 7) is 3.96. The first-order chi connectivity index (χ1) is 9.44. The minimum absolute atomic E-state index is 0.0464. The van der Waals surface area contributed by atoms with Crippen molar-refractivity contribution in [1.29, 1.82) is 0 Å². The number of carbonyl (C=O) groups is 1. The molecule has 9 heteroatoms. The van der Waals surface area contributed by atoms with Gasteiger partial charge in [0.15, 0.2) is 0 Å². The summed E-state index contributed by atoms with van der Waals surface area (Å²) in [5, 5.41) is 10.6. The minimum atomic E-state index is -3.77. The van der Waals surface area contributed by atoms with Crippen molar-refractivity contribution in [3.63, 3.8) is 0 Å². The van der Waals surface area contributed by atoms with Gasteiger partial charge in [-0.15, -0.1) is 4.83 Å². The highest BCUT2D eigenvalue weighted by molar-refractivity contribution is 7.89. The summed E-state index contributed by atoms with van der Waals surface area (Å²) in [5.41, 5.74) is -0.0464. The van der Waals surface area contributed by atoms with Gasteiger partial charge in [-0.1, -0.05) is 0 Å². The molecule has 0 saturated carbocycles. The third-order valence-electron chi connectivity index (χ3n) is 3.00. The molecule has 0 amide bonds. The summed E-state index contributed by atoms with van der Waals surface area (Å²) in [5.74, 6) is -1.15. The van der Waals surface area contributed by atoms with Crippen molar-refractivity contribution in [1.82, 2.24) is 14.4 Å². The lowest BCUT2D eigenvalue weighted by atomic mass is 10.4. The number of nitrogens with one attached hydrogen (secondary N) is 1. The third kappa shape index (κ3) is 3.18. The number of morpholine rings is 1. The first kappa shape index (κ1) is 15.0. The van der Waals surface area contributed by atoms with E-state index in [-0.39, 0.29) is 10.6 Å². The molecular weight excluding hydrogens is 286 g/mol. The van der Waals surface area contributed by atoms with Gasteiger partial charge < -0.3 is 14.4 Å². The number of rotatable bonds is 5. The molecule has 1 aliphatic rings. The highest BCUT2D eigenvalue weighted by atomic mass is 32.2. The number of carboxylic acid groups (broad SMARTS) is 1. The van der Waals surface area contributed by atoms with E-state index in [1.807, 2.05) is 0 Å². The number of aromatic carboxylic acids is 1. The molecule has 0 aliphatic carbocycles. The quantitative estimate of drug-likeness (QED) is 0.776. The van der Waals surface area contributed by atoms with Crippen LogP contribution in [0.2, 0.25) is 0 Å². The zero-order chi connectivity index (χ0) is 14.8. The largest absolute Gasteiger partial charge is 0.477 e. The second kappa shape index (κ2) is 5.92. The number of carboxylic acids is 1.